The molecule has 0 N–H and O–H groups in total. The molecule has 1 saturated carbocycles. The molecule has 2 heterocycles. The number of halogens is 1. The van der Waals surface area contributed by atoms with Gasteiger partial charge in [-0.2, -0.15) is 0 Å². The number of aromatic nitrogens is 2. The van der Waals surface area contributed by atoms with Crippen LogP contribution in [0.1, 0.15) is 50.7 Å². The summed E-state index contributed by atoms with van der Waals surface area (Å²) < 4.78 is 25.4. The summed E-state index contributed by atoms with van der Waals surface area (Å²) in [7, 11) is 0. The van der Waals surface area contributed by atoms with Crippen LogP contribution in [0, 0.1) is 23.1 Å². The van der Waals surface area contributed by atoms with E-state index in [0.29, 0.717) is 43.0 Å². The van der Waals surface area contributed by atoms with Crippen molar-refractivity contribution in [3.8, 4) is 5.75 Å². The molecule has 2 aromatic rings. The Morgan fingerprint density at radius 1 is 1.24 bits per heavy atom. The van der Waals surface area contributed by atoms with Crippen molar-refractivity contribution in [2.75, 3.05) is 31.2 Å². The summed E-state index contributed by atoms with van der Waals surface area (Å²) >= 11 is 0. The molecule has 5 nitrogen and oxygen atoms in total. The van der Waals surface area contributed by atoms with E-state index >= 15 is 0 Å². The summed E-state index contributed by atoms with van der Waals surface area (Å²) in [6, 6.07) is 5.14. The van der Waals surface area contributed by atoms with E-state index in [1.54, 1.807) is 12.1 Å². The van der Waals surface area contributed by atoms with Crippen LogP contribution in [0.3, 0.4) is 0 Å². The SMILES string of the molecule is C=CCc1ccc(OCCC2(C)CC2C2CCN(c3ncc(COCC)cn3)CC2)cc1F. The first-order chi connectivity index (χ1) is 16.0. The topological polar surface area (TPSA) is 47.5 Å². The first-order valence-corrected chi connectivity index (χ1v) is 12.2. The van der Waals surface area contributed by atoms with E-state index < -0.39 is 0 Å². The Hall–Kier alpha value is -2.47. The molecule has 1 aromatic carbocycles. The molecule has 4 rings (SSSR count). The van der Waals surface area contributed by atoms with Crippen molar-refractivity contribution >= 4 is 5.95 Å². The summed E-state index contributed by atoms with van der Waals surface area (Å²) in [6.07, 6.45) is 10.6. The van der Waals surface area contributed by atoms with Crippen LogP contribution in [-0.2, 0) is 17.8 Å². The van der Waals surface area contributed by atoms with Crippen LogP contribution < -0.4 is 9.64 Å². The van der Waals surface area contributed by atoms with Gasteiger partial charge in [0.15, 0.2) is 0 Å². The molecule has 0 amide bonds. The lowest BCUT2D eigenvalue weighted by Gasteiger charge is -2.33. The second-order valence-electron chi connectivity index (χ2n) is 9.66. The summed E-state index contributed by atoms with van der Waals surface area (Å²) in [5.74, 6) is 2.72. The molecule has 178 valence electrons. The highest BCUT2D eigenvalue weighted by Gasteiger charge is 2.53. The summed E-state index contributed by atoms with van der Waals surface area (Å²) in [6.45, 7) is 11.9. The third-order valence-electron chi connectivity index (χ3n) is 7.31. The first kappa shape index (κ1) is 23.7. The van der Waals surface area contributed by atoms with E-state index in [-0.39, 0.29) is 5.82 Å². The van der Waals surface area contributed by atoms with Crippen LogP contribution in [0.2, 0.25) is 0 Å². The summed E-state index contributed by atoms with van der Waals surface area (Å²) in [5, 5.41) is 0. The Morgan fingerprint density at radius 3 is 2.67 bits per heavy atom. The second kappa shape index (κ2) is 10.6. The normalized spacial score (nSPS) is 22.9. The predicted molar refractivity (Wildman–Crippen MR) is 129 cm³/mol. The maximum Gasteiger partial charge on any atom is 0.225 e. The van der Waals surface area contributed by atoms with Gasteiger partial charge in [0.1, 0.15) is 11.6 Å². The maximum atomic E-state index is 14.1. The largest absolute Gasteiger partial charge is 0.493 e. The number of allylic oxidation sites excluding steroid dienone is 1. The average molecular weight is 454 g/mol. The standard InChI is InChI=1S/C27H36FN3O2/c1-4-6-22-7-8-23(15-25(22)28)33-14-11-27(3)16-24(27)21-9-12-31(13-10-21)26-29-17-20(18-30-26)19-32-5-2/h4,7-8,15,17-18,21,24H,1,5-6,9-14,16,19H2,2-3H3. The Balaban J connectivity index is 1.20. The van der Waals surface area contributed by atoms with Gasteiger partial charge < -0.3 is 14.4 Å². The molecule has 1 aliphatic carbocycles. The van der Waals surface area contributed by atoms with E-state index in [0.717, 1.165) is 42.9 Å². The summed E-state index contributed by atoms with van der Waals surface area (Å²) in [5.41, 5.74) is 2.01. The van der Waals surface area contributed by atoms with Crippen LogP contribution in [0.5, 0.6) is 5.75 Å². The smallest absolute Gasteiger partial charge is 0.225 e. The minimum atomic E-state index is -0.220. The molecule has 1 aromatic heterocycles. The molecule has 0 spiro atoms. The number of nitrogens with zero attached hydrogens (tertiary/aromatic N) is 3. The van der Waals surface area contributed by atoms with Gasteiger partial charge in [0.25, 0.3) is 0 Å². The minimum Gasteiger partial charge on any atom is -0.493 e. The highest BCUT2D eigenvalue weighted by atomic mass is 19.1. The highest BCUT2D eigenvalue weighted by Crippen LogP contribution is 2.60. The molecular formula is C27H36FN3O2. The van der Waals surface area contributed by atoms with E-state index in [9.17, 15) is 4.39 Å². The zero-order chi connectivity index (χ0) is 23.3. The summed E-state index contributed by atoms with van der Waals surface area (Å²) in [4.78, 5) is 11.4. The molecule has 0 bridgehead atoms. The Bertz CT molecular complexity index is 927. The van der Waals surface area contributed by atoms with Gasteiger partial charge in [0, 0.05) is 43.7 Å². The van der Waals surface area contributed by atoms with Crippen molar-refractivity contribution in [1.82, 2.24) is 9.97 Å². The minimum absolute atomic E-state index is 0.220. The van der Waals surface area contributed by atoms with Crippen molar-refractivity contribution in [1.29, 1.82) is 0 Å². The van der Waals surface area contributed by atoms with Crippen molar-refractivity contribution in [2.45, 2.75) is 52.6 Å². The van der Waals surface area contributed by atoms with Crippen molar-refractivity contribution < 1.29 is 13.9 Å². The Kier molecular flexibility index (Phi) is 7.63. The van der Waals surface area contributed by atoms with Gasteiger partial charge in [0.05, 0.1) is 13.2 Å². The monoisotopic (exact) mass is 453 g/mol. The molecule has 2 atom stereocenters. The van der Waals surface area contributed by atoms with E-state index in [1.807, 2.05) is 25.4 Å². The maximum absolute atomic E-state index is 14.1. The van der Waals surface area contributed by atoms with E-state index in [1.165, 1.54) is 25.3 Å². The van der Waals surface area contributed by atoms with Crippen molar-refractivity contribution in [3.63, 3.8) is 0 Å². The van der Waals surface area contributed by atoms with Gasteiger partial charge in [-0.15, -0.1) is 6.58 Å². The third kappa shape index (κ3) is 5.91. The van der Waals surface area contributed by atoms with Crippen LogP contribution in [-0.4, -0.2) is 36.3 Å². The molecule has 2 fully saturated rings. The Morgan fingerprint density at radius 2 is 2.00 bits per heavy atom. The molecule has 2 unspecified atom stereocenters. The van der Waals surface area contributed by atoms with Gasteiger partial charge in [-0.1, -0.05) is 19.1 Å². The number of anilines is 1. The second-order valence-corrected chi connectivity index (χ2v) is 9.66. The molecule has 2 aliphatic rings. The van der Waals surface area contributed by atoms with Crippen LogP contribution in [0.15, 0.2) is 43.2 Å². The van der Waals surface area contributed by atoms with Crippen molar-refractivity contribution in [2.24, 2.45) is 17.3 Å². The van der Waals surface area contributed by atoms with Gasteiger partial charge in [-0.3, -0.25) is 0 Å². The Labute approximate surface area is 197 Å². The molecule has 0 radical (unpaired) electrons. The van der Waals surface area contributed by atoms with Gasteiger partial charge >= 0.3 is 0 Å². The highest BCUT2D eigenvalue weighted by molar-refractivity contribution is 5.31. The third-order valence-corrected chi connectivity index (χ3v) is 7.31. The number of ether oxygens (including phenoxy) is 2. The zero-order valence-corrected chi connectivity index (χ0v) is 19.9. The number of piperidine rings is 1. The number of hydrogen-bond donors (Lipinski definition) is 0. The average Bonchev–Trinajstić information content (AvgIpc) is 3.51. The fourth-order valence-electron chi connectivity index (χ4n) is 5.12. The molecule has 1 aliphatic heterocycles. The van der Waals surface area contributed by atoms with E-state index in [2.05, 4.69) is 28.4 Å². The molecule has 6 heteroatoms. The van der Waals surface area contributed by atoms with Gasteiger partial charge in [-0.05, 0) is 67.9 Å². The predicted octanol–water partition coefficient (Wildman–Crippen LogP) is 5.59. The number of benzene rings is 1. The number of hydrogen-bond acceptors (Lipinski definition) is 5. The molecule has 1 saturated heterocycles. The fraction of sp³-hybridized carbons (Fsp3) is 0.556. The zero-order valence-electron chi connectivity index (χ0n) is 19.9. The molecular weight excluding hydrogens is 417 g/mol. The van der Waals surface area contributed by atoms with Gasteiger partial charge in [0.2, 0.25) is 5.95 Å². The molecule has 33 heavy (non-hydrogen) atoms. The van der Waals surface area contributed by atoms with Crippen molar-refractivity contribution in [3.05, 3.63) is 60.2 Å². The number of rotatable bonds is 11. The quantitative estimate of drug-likeness (QED) is 0.415. The lowest BCUT2D eigenvalue weighted by Crippen LogP contribution is -2.36. The van der Waals surface area contributed by atoms with Crippen LogP contribution in [0.4, 0.5) is 10.3 Å². The lowest BCUT2D eigenvalue weighted by atomic mass is 9.87. The lowest BCUT2D eigenvalue weighted by molar-refractivity contribution is 0.133. The van der Waals surface area contributed by atoms with E-state index in [4.69, 9.17) is 9.47 Å². The fourth-order valence-corrected chi connectivity index (χ4v) is 5.12. The van der Waals surface area contributed by atoms with Gasteiger partial charge in [-0.25, -0.2) is 14.4 Å². The van der Waals surface area contributed by atoms with Crippen LogP contribution >= 0.6 is 0 Å². The first-order valence-electron chi connectivity index (χ1n) is 12.2. The van der Waals surface area contributed by atoms with Crippen LogP contribution in [0.25, 0.3) is 0 Å².